The van der Waals surface area contributed by atoms with Gasteiger partial charge >= 0.3 is 12.2 Å². The van der Waals surface area contributed by atoms with Crippen molar-refractivity contribution in [2.45, 2.75) is 136 Å². The highest BCUT2D eigenvalue weighted by Crippen LogP contribution is 2.14. The van der Waals surface area contributed by atoms with E-state index in [0.29, 0.717) is 18.8 Å². The van der Waals surface area contributed by atoms with Crippen LogP contribution in [0.5, 0.6) is 5.88 Å². The Hall–Kier alpha value is -2.45. The number of alkyl carbamates (subject to hydrolysis) is 2. The number of carbonyl (C=O) groups is 2. The Bertz CT molecular complexity index is 742. The molecule has 2 N–H and O–H groups in total. The van der Waals surface area contributed by atoms with Crippen LogP contribution in [-0.2, 0) is 9.47 Å². The van der Waals surface area contributed by atoms with E-state index in [1.165, 1.54) is 83.5 Å². The van der Waals surface area contributed by atoms with Crippen molar-refractivity contribution in [1.29, 1.82) is 0 Å². The molecule has 0 fully saturated rings. The summed E-state index contributed by atoms with van der Waals surface area (Å²) in [4.78, 5) is 24.1. The third kappa shape index (κ3) is 21.4. The average molecular weight is 567 g/mol. The van der Waals surface area contributed by atoms with Crippen LogP contribution >= 0.6 is 0 Å². The molecule has 0 bridgehead atoms. The number of nitrogens with one attached hydrogen (secondary N) is 2. The van der Waals surface area contributed by atoms with E-state index in [2.05, 4.69) is 29.1 Å². The Kier molecular flexibility index (Phi) is 22.7. The molecular formula is C31H56N3O6. The lowest BCUT2D eigenvalue weighted by Crippen LogP contribution is -2.36. The van der Waals surface area contributed by atoms with Gasteiger partial charge in [-0.15, -0.1) is 0 Å². The Morgan fingerprint density at radius 1 is 0.800 bits per heavy atom. The van der Waals surface area contributed by atoms with Gasteiger partial charge in [0.25, 0.3) is 5.88 Å². The van der Waals surface area contributed by atoms with Crippen LogP contribution in [-0.4, -0.2) is 49.8 Å². The van der Waals surface area contributed by atoms with Gasteiger partial charge in [-0.2, -0.15) is 0 Å². The number of amides is 2. The second-order valence-electron chi connectivity index (χ2n) is 10.5. The van der Waals surface area contributed by atoms with Crippen LogP contribution in [0.1, 0.15) is 129 Å². The molecular weight excluding hydrogens is 510 g/mol. The van der Waals surface area contributed by atoms with Crippen molar-refractivity contribution < 1.29 is 28.3 Å². The minimum Gasteiger partial charge on any atom is -0.465 e. The molecule has 9 heteroatoms. The van der Waals surface area contributed by atoms with Gasteiger partial charge in [0.1, 0.15) is 19.0 Å². The number of hydrogen-bond donors (Lipinski definition) is 2. The lowest BCUT2D eigenvalue weighted by molar-refractivity contribution is 0.0325. The summed E-state index contributed by atoms with van der Waals surface area (Å²) >= 11 is 0. The van der Waals surface area contributed by atoms with Gasteiger partial charge in [-0.25, -0.2) is 9.59 Å². The number of aryl methyl sites for hydroxylation is 1. The number of rotatable bonds is 26. The first-order valence-electron chi connectivity index (χ1n) is 15.8. The zero-order chi connectivity index (χ0) is 29.1. The van der Waals surface area contributed by atoms with Crippen LogP contribution < -0.4 is 15.4 Å². The van der Waals surface area contributed by atoms with E-state index in [1.54, 1.807) is 13.0 Å². The van der Waals surface area contributed by atoms with Crippen LogP contribution in [0.15, 0.2) is 10.6 Å². The molecule has 1 rings (SSSR count). The predicted octanol–water partition coefficient (Wildman–Crippen LogP) is 8.06. The smallest absolute Gasteiger partial charge is 0.407 e. The lowest BCUT2D eigenvalue weighted by atomic mass is 10.0. The molecule has 0 spiro atoms. The number of hydrogen-bond acceptors (Lipinski definition) is 7. The van der Waals surface area contributed by atoms with Gasteiger partial charge in [0.2, 0.25) is 0 Å². The van der Waals surface area contributed by atoms with E-state index in [9.17, 15) is 9.59 Å². The van der Waals surface area contributed by atoms with Crippen LogP contribution in [0.3, 0.4) is 0 Å². The summed E-state index contributed by atoms with van der Waals surface area (Å²) in [6.07, 6.45) is 21.6. The number of ether oxygens (including phenoxy) is 3. The number of nitrogens with zero attached hydrogens (tertiary/aromatic N) is 1. The first-order valence-corrected chi connectivity index (χ1v) is 15.8. The standard InChI is InChI=1S/C31H56N3O6/c1-4-6-8-9-10-11-12-13-14-15-16-17-18-19-21-23-33-31(36)38-26-28(39-29-24-27(3)40-34-29)25-37-30(35)32-22-20-7-5-2/h7,24,28H,4-6,8-23,25-26H2,1-3H3,(H,32,35)(H,33,36). The molecule has 1 radical (unpaired) electrons. The highest BCUT2D eigenvalue weighted by Gasteiger charge is 2.18. The fourth-order valence-electron chi connectivity index (χ4n) is 4.29. The average Bonchev–Trinajstić information content (AvgIpc) is 3.36. The molecule has 0 aromatic carbocycles. The molecule has 0 aliphatic heterocycles. The molecule has 1 aromatic rings. The number of carbonyl (C=O) groups excluding carboxylic acids is 2. The SMILES string of the molecule is CC[CH]CCNC(=O)OCC(COC(=O)NCCCCCCCCCCCCCCCCC)Oc1cc(C)on1. The summed E-state index contributed by atoms with van der Waals surface area (Å²) in [5, 5.41) is 9.25. The molecule has 1 unspecified atom stereocenters. The van der Waals surface area contributed by atoms with Crippen LogP contribution in [0.2, 0.25) is 0 Å². The summed E-state index contributed by atoms with van der Waals surface area (Å²) in [6.45, 7) is 6.94. The van der Waals surface area contributed by atoms with E-state index >= 15 is 0 Å². The zero-order valence-electron chi connectivity index (χ0n) is 25.5. The molecule has 1 atom stereocenters. The van der Waals surface area contributed by atoms with Crippen LogP contribution in [0.25, 0.3) is 0 Å². The third-order valence-corrected chi connectivity index (χ3v) is 6.65. The normalized spacial score (nSPS) is 11.7. The van der Waals surface area contributed by atoms with E-state index in [-0.39, 0.29) is 19.1 Å². The van der Waals surface area contributed by atoms with Gasteiger partial charge in [-0.1, -0.05) is 110 Å². The summed E-state index contributed by atoms with van der Waals surface area (Å²) in [7, 11) is 0. The van der Waals surface area contributed by atoms with Crippen LogP contribution in [0, 0.1) is 13.3 Å². The number of aromatic nitrogens is 1. The van der Waals surface area contributed by atoms with Gasteiger partial charge < -0.3 is 29.4 Å². The molecule has 231 valence electrons. The second-order valence-corrected chi connectivity index (χ2v) is 10.5. The Balaban J connectivity index is 2.08. The molecule has 0 saturated carbocycles. The van der Waals surface area contributed by atoms with Gasteiger partial charge in [0.05, 0.1) is 0 Å². The maximum Gasteiger partial charge on any atom is 0.407 e. The Morgan fingerprint density at radius 2 is 1.30 bits per heavy atom. The molecule has 9 nitrogen and oxygen atoms in total. The van der Waals surface area contributed by atoms with Crippen molar-refractivity contribution in [3.05, 3.63) is 18.2 Å². The van der Waals surface area contributed by atoms with Gasteiger partial charge in [0, 0.05) is 19.2 Å². The van der Waals surface area contributed by atoms with Crippen molar-refractivity contribution in [2.75, 3.05) is 26.3 Å². The monoisotopic (exact) mass is 566 g/mol. The molecule has 0 saturated heterocycles. The Labute approximate surface area is 242 Å². The topological polar surface area (TPSA) is 112 Å². The summed E-state index contributed by atoms with van der Waals surface area (Å²) in [5.74, 6) is 0.826. The highest BCUT2D eigenvalue weighted by atomic mass is 16.6. The van der Waals surface area contributed by atoms with Crippen molar-refractivity contribution in [1.82, 2.24) is 15.8 Å². The first kappa shape index (κ1) is 35.6. The molecule has 0 aliphatic rings. The summed E-state index contributed by atoms with van der Waals surface area (Å²) in [6, 6.07) is 1.62. The van der Waals surface area contributed by atoms with Crippen molar-refractivity contribution >= 4 is 12.2 Å². The van der Waals surface area contributed by atoms with Gasteiger partial charge in [-0.3, -0.25) is 0 Å². The fraction of sp³-hybridized carbons (Fsp3) is 0.806. The van der Waals surface area contributed by atoms with E-state index in [1.807, 2.05) is 6.92 Å². The minimum atomic E-state index is -0.714. The molecule has 40 heavy (non-hydrogen) atoms. The third-order valence-electron chi connectivity index (χ3n) is 6.65. The largest absolute Gasteiger partial charge is 0.465 e. The fourth-order valence-corrected chi connectivity index (χ4v) is 4.29. The summed E-state index contributed by atoms with van der Waals surface area (Å²) in [5.41, 5.74) is 0. The van der Waals surface area contributed by atoms with Crippen LogP contribution in [0.4, 0.5) is 9.59 Å². The van der Waals surface area contributed by atoms with E-state index < -0.39 is 18.3 Å². The van der Waals surface area contributed by atoms with Gasteiger partial charge in [0.15, 0.2) is 6.10 Å². The van der Waals surface area contributed by atoms with Crippen molar-refractivity contribution in [3.8, 4) is 5.88 Å². The molecule has 1 heterocycles. The maximum atomic E-state index is 12.1. The van der Waals surface area contributed by atoms with E-state index in [4.69, 9.17) is 18.7 Å². The molecule has 2 amide bonds. The maximum absolute atomic E-state index is 12.1. The quantitative estimate of drug-likeness (QED) is 0.109. The molecule has 0 aliphatic carbocycles. The second kappa shape index (κ2) is 25.5. The highest BCUT2D eigenvalue weighted by molar-refractivity contribution is 5.67. The Morgan fingerprint density at radius 3 is 1.77 bits per heavy atom. The summed E-state index contributed by atoms with van der Waals surface area (Å²) < 4.78 is 21.2. The lowest BCUT2D eigenvalue weighted by Gasteiger charge is -2.18. The van der Waals surface area contributed by atoms with Gasteiger partial charge in [-0.05, 0) is 31.3 Å². The predicted molar refractivity (Wildman–Crippen MR) is 158 cm³/mol. The minimum absolute atomic E-state index is 0.0898. The van der Waals surface area contributed by atoms with E-state index in [0.717, 1.165) is 25.7 Å². The zero-order valence-corrected chi connectivity index (χ0v) is 25.5. The van der Waals surface area contributed by atoms with Crippen molar-refractivity contribution in [3.63, 3.8) is 0 Å². The first-order chi connectivity index (χ1) is 19.5. The number of unbranched alkanes of at least 4 members (excludes halogenated alkanes) is 16. The molecule has 1 aromatic heterocycles. The van der Waals surface area contributed by atoms with Crippen molar-refractivity contribution in [2.24, 2.45) is 0 Å².